The number of nitrogens with one attached hydrogen (secondary N) is 1. The van der Waals surface area contributed by atoms with Crippen molar-refractivity contribution in [2.45, 2.75) is 58.9 Å². The molecule has 1 rings (SSSR count). The molecule has 78 valence electrons. The standard InChI is InChI=1S/C12H25N/c1-10(2)5-4-8-13-12-7-6-11(3)9-12/h10-13H,4-9H2,1-3H3. The van der Waals surface area contributed by atoms with Crippen molar-refractivity contribution in [3.05, 3.63) is 0 Å². The van der Waals surface area contributed by atoms with Crippen molar-refractivity contribution in [3.8, 4) is 0 Å². The highest BCUT2D eigenvalue weighted by Gasteiger charge is 2.19. The van der Waals surface area contributed by atoms with Crippen LogP contribution in [-0.2, 0) is 0 Å². The first kappa shape index (κ1) is 11.0. The molecule has 0 aromatic carbocycles. The van der Waals surface area contributed by atoms with E-state index in [4.69, 9.17) is 0 Å². The quantitative estimate of drug-likeness (QED) is 0.645. The summed E-state index contributed by atoms with van der Waals surface area (Å²) in [6, 6.07) is 0.835. The van der Waals surface area contributed by atoms with Crippen LogP contribution < -0.4 is 5.32 Å². The second-order valence-corrected chi connectivity index (χ2v) is 5.11. The Kier molecular flexibility index (Phi) is 4.79. The van der Waals surface area contributed by atoms with Gasteiger partial charge >= 0.3 is 0 Å². The summed E-state index contributed by atoms with van der Waals surface area (Å²) in [5.74, 6) is 1.83. The molecule has 1 saturated carbocycles. The van der Waals surface area contributed by atoms with Crippen LogP contribution in [0.2, 0.25) is 0 Å². The summed E-state index contributed by atoms with van der Waals surface area (Å²) in [5, 5.41) is 3.67. The first-order valence-corrected chi connectivity index (χ1v) is 5.92. The van der Waals surface area contributed by atoms with Crippen molar-refractivity contribution in [3.63, 3.8) is 0 Å². The number of hydrogen-bond donors (Lipinski definition) is 1. The van der Waals surface area contributed by atoms with Gasteiger partial charge in [-0.3, -0.25) is 0 Å². The highest BCUT2D eigenvalue weighted by Crippen LogP contribution is 2.24. The van der Waals surface area contributed by atoms with E-state index >= 15 is 0 Å². The van der Waals surface area contributed by atoms with Gasteiger partial charge in [-0.2, -0.15) is 0 Å². The molecule has 0 aliphatic heterocycles. The Hall–Kier alpha value is -0.0400. The summed E-state index contributed by atoms with van der Waals surface area (Å²) < 4.78 is 0. The van der Waals surface area contributed by atoms with E-state index in [1.54, 1.807) is 0 Å². The molecule has 0 aromatic heterocycles. The Morgan fingerprint density at radius 2 is 2.08 bits per heavy atom. The molecule has 0 spiro atoms. The average Bonchev–Trinajstić information content (AvgIpc) is 2.45. The molecular formula is C12H25N. The highest BCUT2D eigenvalue weighted by molar-refractivity contribution is 4.77. The van der Waals surface area contributed by atoms with Gasteiger partial charge in [-0.15, -0.1) is 0 Å². The summed E-state index contributed by atoms with van der Waals surface area (Å²) in [6.45, 7) is 8.21. The molecule has 2 atom stereocenters. The van der Waals surface area contributed by atoms with E-state index in [0.29, 0.717) is 0 Å². The van der Waals surface area contributed by atoms with E-state index in [2.05, 4.69) is 26.1 Å². The lowest BCUT2D eigenvalue weighted by Gasteiger charge is -2.12. The van der Waals surface area contributed by atoms with Gasteiger partial charge in [0.15, 0.2) is 0 Å². The van der Waals surface area contributed by atoms with Crippen LogP contribution in [-0.4, -0.2) is 12.6 Å². The van der Waals surface area contributed by atoms with Gasteiger partial charge in [-0.05, 0) is 50.5 Å². The van der Waals surface area contributed by atoms with Crippen molar-refractivity contribution < 1.29 is 0 Å². The van der Waals surface area contributed by atoms with E-state index < -0.39 is 0 Å². The minimum absolute atomic E-state index is 0.835. The average molecular weight is 183 g/mol. The molecule has 1 aliphatic carbocycles. The van der Waals surface area contributed by atoms with Crippen LogP contribution in [0.15, 0.2) is 0 Å². The molecule has 1 heteroatoms. The van der Waals surface area contributed by atoms with Crippen molar-refractivity contribution >= 4 is 0 Å². The maximum Gasteiger partial charge on any atom is 0.00696 e. The molecule has 1 N–H and O–H groups in total. The third-order valence-corrected chi connectivity index (χ3v) is 3.09. The molecule has 2 unspecified atom stereocenters. The van der Waals surface area contributed by atoms with E-state index in [1.807, 2.05) is 0 Å². The van der Waals surface area contributed by atoms with Crippen LogP contribution in [0.4, 0.5) is 0 Å². The minimum atomic E-state index is 0.835. The molecule has 0 saturated heterocycles. The fourth-order valence-corrected chi connectivity index (χ4v) is 2.21. The zero-order valence-corrected chi connectivity index (χ0v) is 9.47. The number of hydrogen-bond acceptors (Lipinski definition) is 1. The molecule has 0 radical (unpaired) electrons. The van der Waals surface area contributed by atoms with Crippen LogP contribution in [0.25, 0.3) is 0 Å². The van der Waals surface area contributed by atoms with E-state index in [0.717, 1.165) is 17.9 Å². The van der Waals surface area contributed by atoms with Crippen molar-refractivity contribution in [1.29, 1.82) is 0 Å². The molecule has 1 aliphatic rings. The van der Waals surface area contributed by atoms with Crippen molar-refractivity contribution in [2.24, 2.45) is 11.8 Å². The smallest absolute Gasteiger partial charge is 0.00696 e. The van der Waals surface area contributed by atoms with Gasteiger partial charge < -0.3 is 5.32 Å². The van der Waals surface area contributed by atoms with Gasteiger partial charge in [0.25, 0.3) is 0 Å². The zero-order chi connectivity index (χ0) is 9.68. The normalized spacial score (nSPS) is 28.6. The Morgan fingerprint density at radius 1 is 1.31 bits per heavy atom. The minimum Gasteiger partial charge on any atom is -0.314 e. The van der Waals surface area contributed by atoms with E-state index in [9.17, 15) is 0 Å². The van der Waals surface area contributed by atoms with Crippen molar-refractivity contribution in [1.82, 2.24) is 5.32 Å². The third kappa shape index (κ3) is 4.66. The van der Waals surface area contributed by atoms with Crippen LogP contribution in [0.1, 0.15) is 52.9 Å². The molecule has 0 amide bonds. The van der Waals surface area contributed by atoms with Gasteiger partial charge in [0.1, 0.15) is 0 Å². The van der Waals surface area contributed by atoms with Crippen LogP contribution in [0.5, 0.6) is 0 Å². The Morgan fingerprint density at radius 3 is 2.62 bits per heavy atom. The molecule has 0 bridgehead atoms. The maximum atomic E-state index is 3.67. The Labute approximate surface area is 83.3 Å². The van der Waals surface area contributed by atoms with E-state index in [1.165, 1.54) is 38.6 Å². The van der Waals surface area contributed by atoms with Crippen molar-refractivity contribution in [2.75, 3.05) is 6.54 Å². The van der Waals surface area contributed by atoms with Gasteiger partial charge in [-0.1, -0.05) is 20.8 Å². The second kappa shape index (κ2) is 5.64. The fraction of sp³-hybridized carbons (Fsp3) is 1.00. The first-order chi connectivity index (χ1) is 6.18. The van der Waals surface area contributed by atoms with E-state index in [-0.39, 0.29) is 0 Å². The Balaban J connectivity index is 1.94. The molecule has 1 nitrogen and oxygen atoms in total. The summed E-state index contributed by atoms with van der Waals surface area (Å²) in [5.41, 5.74) is 0. The summed E-state index contributed by atoms with van der Waals surface area (Å²) in [7, 11) is 0. The summed E-state index contributed by atoms with van der Waals surface area (Å²) in [4.78, 5) is 0. The van der Waals surface area contributed by atoms with Gasteiger partial charge in [0, 0.05) is 6.04 Å². The third-order valence-electron chi connectivity index (χ3n) is 3.09. The second-order valence-electron chi connectivity index (χ2n) is 5.11. The first-order valence-electron chi connectivity index (χ1n) is 5.92. The summed E-state index contributed by atoms with van der Waals surface area (Å²) >= 11 is 0. The zero-order valence-electron chi connectivity index (χ0n) is 9.47. The monoisotopic (exact) mass is 183 g/mol. The van der Waals surface area contributed by atoms with Crippen LogP contribution in [0.3, 0.4) is 0 Å². The molecule has 0 aromatic rings. The maximum absolute atomic E-state index is 3.67. The predicted octanol–water partition coefficient (Wildman–Crippen LogP) is 3.20. The molecule has 1 fully saturated rings. The lowest BCUT2D eigenvalue weighted by molar-refractivity contribution is 0.467. The topological polar surface area (TPSA) is 12.0 Å². The molecule has 0 heterocycles. The lowest BCUT2D eigenvalue weighted by atomic mass is 10.1. The van der Waals surface area contributed by atoms with Gasteiger partial charge in [-0.25, -0.2) is 0 Å². The highest BCUT2D eigenvalue weighted by atomic mass is 14.9. The van der Waals surface area contributed by atoms with Gasteiger partial charge in [0.05, 0.1) is 0 Å². The molecule has 13 heavy (non-hydrogen) atoms. The largest absolute Gasteiger partial charge is 0.314 e. The summed E-state index contributed by atoms with van der Waals surface area (Å²) in [6.07, 6.45) is 6.96. The fourth-order valence-electron chi connectivity index (χ4n) is 2.21. The van der Waals surface area contributed by atoms with Gasteiger partial charge in [0.2, 0.25) is 0 Å². The number of rotatable bonds is 5. The lowest BCUT2D eigenvalue weighted by Crippen LogP contribution is -2.27. The predicted molar refractivity (Wildman–Crippen MR) is 58.9 cm³/mol. The van der Waals surface area contributed by atoms with Crippen LogP contribution >= 0.6 is 0 Å². The SMILES string of the molecule is CC(C)CCCNC1CCC(C)C1. The molecular weight excluding hydrogens is 158 g/mol. The van der Waals surface area contributed by atoms with Crippen LogP contribution in [0, 0.1) is 11.8 Å². The Bertz CT molecular complexity index is 131.